The average molecular weight is 365 g/mol. The van der Waals surface area contributed by atoms with E-state index in [0.717, 1.165) is 12.8 Å². The van der Waals surface area contributed by atoms with Gasteiger partial charge in [-0.1, -0.05) is 51.5 Å². The van der Waals surface area contributed by atoms with Gasteiger partial charge in [0, 0.05) is 19.3 Å². The van der Waals surface area contributed by atoms with Gasteiger partial charge in [0.1, 0.15) is 11.4 Å². The summed E-state index contributed by atoms with van der Waals surface area (Å²) in [6, 6.07) is 0. The number of aliphatic hydroxyl groups excluding tert-OH is 1. The Morgan fingerprint density at radius 1 is 1.23 bits per heavy atom. The molecule has 0 spiro atoms. The van der Waals surface area contributed by atoms with Crippen LogP contribution in [-0.4, -0.2) is 28.2 Å². The molecule has 0 bridgehead atoms. The minimum absolute atomic E-state index is 0.121. The Kier molecular flexibility index (Phi) is 9.76. The number of allylic oxidation sites excluding steroid dienone is 4. The van der Waals surface area contributed by atoms with Crippen LogP contribution >= 0.6 is 0 Å². The molecule has 2 fully saturated rings. The molecule has 1 N–H and O–H groups in total. The summed E-state index contributed by atoms with van der Waals surface area (Å²) in [5.74, 6) is 0.258. The number of Topliss-reactive ketones (excluding diaryl/α,β-unsaturated/α-hetero) is 1. The van der Waals surface area contributed by atoms with Gasteiger partial charge in [-0.25, -0.2) is 0 Å². The topological polar surface area (TPSA) is 49.8 Å². The molecule has 3 nitrogen and oxygen atoms in total. The summed E-state index contributed by atoms with van der Waals surface area (Å²) in [4.78, 5) is 11.7. The number of hydrogen-bond donors (Lipinski definition) is 1. The molecule has 3 atom stereocenters. The van der Waals surface area contributed by atoms with Crippen LogP contribution in [0, 0.1) is 5.41 Å². The van der Waals surface area contributed by atoms with Crippen molar-refractivity contribution in [1.29, 1.82) is 0 Å². The van der Waals surface area contributed by atoms with Gasteiger partial charge < -0.3 is 9.84 Å². The zero-order chi connectivity index (χ0) is 20.6. The molecule has 2 aliphatic rings. The molecule has 26 heavy (non-hydrogen) atoms. The van der Waals surface area contributed by atoms with Crippen molar-refractivity contribution in [3.63, 3.8) is 0 Å². The fourth-order valence-electron chi connectivity index (χ4n) is 4.21. The summed E-state index contributed by atoms with van der Waals surface area (Å²) >= 11 is 0. The maximum Gasteiger partial charge on any atom is 0.135 e. The van der Waals surface area contributed by atoms with E-state index in [2.05, 4.69) is 59.1 Å². The van der Waals surface area contributed by atoms with Gasteiger partial charge in [-0.15, -0.1) is 13.2 Å². The standard InChI is InChI=1S/C13H22O3.C8H14.C2H4/c1-5-9(14)8-13-11(2,3)6-10(15)7-12(13,4)16-13;1-4-6-8(3)7-5-2;1-2/h10,15H,5-8H2,1-4H3;4,6-7H,5H2,1-3H3;1-2H2/b;6-4+,8-7+;. The molecule has 1 saturated heterocycles. The lowest BCUT2D eigenvalue weighted by Gasteiger charge is -2.40. The van der Waals surface area contributed by atoms with Crippen molar-refractivity contribution < 1.29 is 14.6 Å². The Bertz CT molecular complexity index is 518. The molecule has 2 rings (SSSR count). The Morgan fingerprint density at radius 2 is 1.81 bits per heavy atom. The summed E-state index contributed by atoms with van der Waals surface area (Å²) in [7, 11) is 0. The number of epoxide rings is 1. The first-order valence-electron chi connectivity index (χ1n) is 9.77. The van der Waals surface area contributed by atoms with Gasteiger partial charge in [0.2, 0.25) is 0 Å². The first kappa shape index (κ1) is 24.8. The number of hydrogen-bond acceptors (Lipinski definition) is 3. The van der Waals surface area contributed by atoms with E-state index in [1.54, 1.807) is 0 Å². The zero-order valence-corrected chi connectivity index (χ0v) is 18.0. The lowest BCUT2D eigenvalue weighted by molar-refractivity contribution is -0.121. The van der Waals surface area contributed by atoms with Gasteiger partial charge in [-0.05, 0) is 39.0 Å². The van der Waals surface area contributed by atoms with E-state index < -0.39 is 0 Å². The van der Waals surface area contributed by atoms with Gasteiger partial charge in [0.15, 0.2) is 0 Å². The van der Waals surface area contributed by atoms with E-state index in [1.165, 1.54) is 5.57 Å². The Balaban J connectivity index is 0.000000533. The maximum atomic E-state index is 11.7. The highest BCUT2D eigenvalue weighted by atomic mass is 16.6. The number of ketones is 1. The second kappa shape index (κ2) is 10.2. The third-order valence-corrected chi connectivity index (χ3v) is 5.47. The van der Waals surface area contributed by atoms with Gasteiger partial charge in [0.05, 0.1) is 11.7 Å². The number of ether oxygens (including phenoxy) is 1. The Morgan fingerprint density at radius 3 is 2.23 bits per heavy atom. The van der Waals surface area contributed by atoms with E-state index in [1.807, 2.05) is 20.8 Å². The highest BCUT2D eigenvalue weighted by Crippen LogP contribution is 2.66. The molecule has 3 heteroatoms. The minimum atomic E-state index is -0.327. The molecular formula is C23H40O3. The van der Waals surface area contributed by atoms with Gasteiger partial charge >= 0.3 is 0 Å². The highest BCUT2D eigenvalue weighted by Gasteiger charge is 2.75. The first-order valence-corrected chi connectivity index (χ1v) is 9.77. The van der Waals surface area contributed by atoms with Crippen molar-refractivity contribution in [2.75, 3.05) is 0 Å². The van der Waals surface area contributed by atoms with E-state index in [4.69, 9.17) is 4.74 Å². The van der Waals surface area contributed by atoms with Crippen LogP contribution in [0.3, 0.4) is 0 Å². The van der Waals surface area contributed by atoms with Crippen molar-refractivity contribution in [3.05, 3.63) is 37.0 Å². The largest absolute Gasteiger partial charge is 0.393 e. The molecule has 0 aromatic heterocycles. The molecule has 1 saturated carbocycles. The number of aliphatic hydroxyl groups is 1. The van der Waals surface area contributed by atoms with Crippen LogP contribution in [0.15, 0.2) is 37.0 Å². The number of carbonyl (C=O) groups excluding carboxylic acids is 1. The predicted molar refractivity (Wildman–Crippen MR) is 111 cm³/mol. The molecule has 0 radical (unpaired) electrons. The quantitative estimate of drug-likeness (QED) is 0.382. The van der Waals surface area contributed by atoms with Crippen LogP contribution in [0.1, 0.15) is 80.6 Å². The first-order chi connectivity index (χ1) is 12.1. The van der Waals surface area contributed by atoms with Crippen LogP contribution in [0.25, 0.3) is 0 Å². The molecule has 0 aromatic rings. The van der Waals surface area contributed by atoms with Gasteiger partial charge in [-0.3, -0.25) is 4.79 Å². The summed E-state index contributed by atoms with van der Waals surface area (Å²) in [6.07, 6.45) is 9.67. The van der Waals surface area contributed by atoms with Crippen molar-refractivity contribution >= 4 is 5.78 Å². The smallest absolute Gasteiger partial charge is 0.135 e. The van der Waals surface area contributed by atoms with Crippen molar-refractivity contribution in [2.45, 2.75) is 97.9 Å². The van der Waals surface area contributed by atoms with Crippen LogP contribution < -0.4 is 0 Å². The van der Waals surface area contributed by atoms with Crippen LogP contribution in [0.4, 0.5) is 0 Å². The maximum absolute atomic E-state index is 11.7. The van der Waals surface area contributed by atoms with Crippen molar-refractivity contribution in [3.8, 4) is 0 Å². The van der Waals surface area contributed by atoms with Crippen molar-refractivity contribution in [1.82, 2.24) is 0 Å². The Hall–Kier alpha value is -1.19. The van der Waals surface area contributed by atoms with Crippen LogP contribution in [0.5, 0.6) is 0 Å². The van der Waals surface area contributed by atoms with E-state index in [9.17, 15) is 9.90 Å². The SMILES string of the molecule is C/C=C/C(C)=C/CC.C=C.CCC(=O)CC12OC1(C)CC(O)CC2(C)C. The second-order valence-corrected chi connectivity index (χ2v) is 8.03. The van der Waals surface area contributed by atoms with Gasteiger partial charge in [-0.2, -0.15) is 0 Å². The van der Waals surface area contributed by atoms with Crippen LogP contribution in [0.2, 0.25) is 0 Å². The molecule has 1 aliphatic carbocycles. The second-order valence-electron chi connectivity index (χ2n) is 8.03. The molecule has 1 heterocycles. The summed E-state index contributed by atoms with van der Waals surface area (Å²) in [5, 5.41) is 9.85. The summed E-state index contributed by atoms with van der Waals surface area (Å²) < 4.78 is 5.93. The monoisotopic (exact) mass is 364 g/mol. The third kappa shape index (κ3) is 5.65. The normalized spacial score (nSPS) is 31.8. The number of rotatable bonds is 5. The average Bonchev–Trinajstić information content (AvgIpc) is 3.15. The number of carbonyl (C=O) groups is 1. The fraction of sp³-hybridized carbons (Fsp3) is 0.696. The number of fused-ring (bicyclic) bond motifs is 1. The lowest BCUT2D eigenvalue weighted by atomic mass is 9.61. The summed E-state index contributed by atoms with van der Waals surface area (Å²) in [5.41, 5.74) is 0.616. The Labute approximate surface area is 161 Å². The summed E-state index contributed by atoms with van der Waals surface area (Å²) in [6.45, 7) is 20.4. The molecule has 3 unspecified atom stereocenters. The van der Waals surface area contributed by atoms with E-state index in [-0.39, 0.29) is 28.5 Å². The van der Waals surface area contributed by atoms with Gasteiger partial charge in [0.25, 0.3) is 0 Å². The third-order valence-electron chi connectivity index (χ3n) is 5.47. The lowest BCUT2D eigenvalue weighted by Crippen LogP contribution is -2.48. The predicted octanol–water partition coefficient (Wildman–Crippen LogP) is 5.79. The highest BCUT2D eigenvalue weighted by molar-refractivity contribution is 5.80. The van der Waals surface area contributed by atoms with Crippen molar-refractivity contribution in [2.24, 2.45) is 5.41 Å². The van der Waals surface area contributed by atoms with E-state index >= 15 is 0 Å². The molecule has 1 aliphatic heterocycles. The minimum Gasteiger partial charge on any atom is -0.393 e. The molecule has 0 amide bonds. The molecule has 150 valence electrons. The zero-order valence-electron chi connectivity index (χ0n) is 18.0. The molecular weight excluding hydrogens is 324 g/mol. The fourth-order valence-corrected chi connectivity index (χ4v) is 4.21. The van der Waals surface area contributed by atoms with Crippen LogP contribution in [-0.2, 0) is 9.53 Å². The molecule has 0 aromatic carbocycles. The van der Waals surface area contributed by atoms with E-state index in [0.29, 0.717) is 19.3 Å².